The molecule has 3 nitrogen and oxygen atoms in total. The Hall–Kier alpha value is -0.120. The summed E-state index contributed by atoms with van der Waals surface area (Å²) in [6, 6.07) is 0. The number of rotatable bonds is 4. The van der Waals surface area contributed by atoms with Crippen LogP contribution in [0.5, 0.6) is 0 Å². The van der Waals surface area contributed by atoms with Gasteiger partial charge in [-0.15, -0.1) is 0 Å². The summed E-state index contributed by atoms with van der Waals surface area (Å²) in [5.74, 6) is 0.526. The molecule has 0 aromatic rings. The molecule has 0 spiro atoms. The lowest BCUT2D eigenvalue weighted by Crippen LogP contribution is -2.48. The summed E-state index contributed by atoms with van der Waals surface area (Å²) in [6.07, 6.45) is 4.73. The molecule has 2 unspecified atom stereocenters. The van der Waals surface area contributed by atoms with E-state index in [0.29, 0.717) is 19.1 Å². The average molecular weight is 187 g/mol. The number of hydrogen-bond acceptors (Lipinski definition) is 3. The van der Waals surface area contributed by atoms with Gasteiger partial charge in [-0.25, -0.2) is 0 Å². The first-order valence-corrected chi connectivity index (χ1v) is 5.20. The summed E-state index contributed by atoms with van der Waals surface area (Å²) in [6.45, 7) is 3.29. The zero-order chi connectivity index (χ0) is 9.73. The summed E-state index contributed by atoms with van der Waals surface area (Å²) in [5, 5.41) is 8.73. The van der Waals surface area contributed by atoms with Crippen LogP contribution in [0.4, 0.5) is 0 Å². The quantitative estimate of drug-likeness (QED) is 0.687. The van der Waals surface area contributed by atoms with Crippen molar-refractivity contribution in [1.82, 2.24) is 0 Å². The summed E-state index contributed by atoms with van der Waals surface area (Å²) in [7, 11) is 0. The summed E-state index contributed by atoms with van der Waals surface area (Å²) in [5.41, 5.74) is 5.61. The average Bonchev–Trinajstić information content (AvgIpc) is 2.17. The van der Waals surface area contributed by atoms with Gasteiger partial charge in [0.1, 0.15) is 0 Å². The van der Waals surface area contributed by atoms with Crippen LogP contribution < -0.4 is 5.73 Å². The lowest BCUT2D eigenvalue weighted by molar-refractivity contribution is -0.105. The number of nitrogens with two attached hydrogens (primary N) is 1. The highest BCUT2D eigenvalue weighted by molar-refractivity contribution is 4.90. The summed E-state index contributed by atoms with van der Waals surface area (Å²) in [4.78, 5) is 0. The van der Waals surface area contributed by atoms with Crippen LogP contribution in [0.25, 0.3) is 0 Å². The van der Waals surface area contributed by atoms with Gasteiger partial charge < -0.3 is 15.6 Å². The van der Waals surface area contributed by atoms with E-state index in [1.165, 1.54) is 19.3 Å². The predicted octanol–water partition coefficient (Wildman–Crippen LogP) is 0.903. The van der Waals surface area contributed by atoms with Gasteiger partial charge in [-0.1, -0.05) is 19.8 Å². The largest absolute Gasteiger partial charge is 0.394 e. The number of aliphatic hydroxyl groups excluding tert-OH is 1. The van der Waals surface area contributed by atoms with E-state index in [1.807, 2.05) is 0 Å². The second-order valence-electron chi connectivity index (χ2n) is 3.99. The Morgan fingerprint density at radius 3 is 2.85 bits per heavy atom. The zero-order valence-electron chi connectivity index (χ0n) is 8.46. The Kier molecular flexibility index (Phi) is 4.16. The Bertz CT molecular complexity index is 152. The third kappa shape index (κ3) is 2.42. The lowest BCUT2D eigenvalue weighted by atomic mass is 9.76. The monoisotopic (exact) mass is 187 g/mol. The number of ether oxygens (including phenoxy) is 1. The van der Waals surface area contributed by atoms with E-state index >= 15 is 0 Å². The molecule has 0 bridgehead atoms. The normalized spacial score (nSPS) is 34.8. The molecule has 78 valence electrons. The fourth-order valence-corrected chi connectivity index (χ4v) is 2.21. The molecule has 0 amide bonds. The van der Waals surface area contributed by atoms with Crippen LogP contribution in [-0.4, -0.2) is 30.5 Å². The maximum atomic E-state index is 8.73. The van der Waals surface area contributed by atoms with E-state index in [4.69, 9.17) is 15.6 Å². The van der Waals surface area contributed by atoms with Gasteiger partial charge in [-0.3, -0.25) is 0 Å². The molecule has 2 atom stereocenters. The highest BCUT2D eigenvalue weighted by Gasteiger charge is 2.37. The molecular weight excluding hydrogens is 166 g/mol. The summed E-state index contributed by atoms with van der Waals surface area (Å²) >= 11 is 0. The zero-order valence-corrected chi connectivity index (χ0v) is 8.46. The molecule has 0 aromatic carbocycles. The first-order chi connectivity index (χ1) is 6.25. The Morgan fingerprint density at radius 1 is 1.54 bits per heavy atom. The van der Waals surface area contributed by atoms with Crippen molar-refractivity contribution < 1.29 is 9.84 Å². The maximum Gasteiger partial charge on any atom is 0.0830 e. The van der Waals surface area contributed by atoms with E-state index in [-0.39, 0.29) is 12.2 Å². The maximum absolute atomic E-state index is 8.73. The highest BCUT2D eigenvalue weighted by atomic mass is 16.5. The van der Waals surface area contributed by atoms with Crippen LogP contribution in [0.2, 0.25) is 0 Å². The first-order valence-electron chi connectivity index (χ1n) is 5.20. The van der Waals surface area contributed by atoms with Crippen molar-refractivity contribution >= 4 is 0 Å². The predicted molar refractivity (Wildman–Crippen MR) is 52.5 cm³/mol. The number of aliphatic hydroxyl groups is 1. The van der Waals surface area contributed by atoms with Crippen molar-refractivity contribution in [2.24, 2.45) is 11.7 Å². The Morgan fingerprint density at radius 2 is 2.31 bits per heavy atom. The molecule has 1 rings (SSSR count). The Balaban J connectivity index is 2.53. The SMILES string of the molecule is CC1CCCCC1(CN)OCCO. The molecule has 3 heteroatoms. The van der Waals surface area contributed by atoms with Gasteiger partial charge in [0.15, 0.2) is 0 Å². The first kappa shape index (κ1) is 11.0. The van der Waals surface area contributed by atoms with Crippen molar-refractivity contribution in [1.29, 1.82) is 0 Å². The standard InChI is InChI=1S/C10H21NO2/c1-9-4-2-3-5-10(9,8-11)13-7-6-12/h9,12H,2-8,11H2,1H3. The molecule has 1 aliphatic carbocycles. The fraction of sp³-hybridized carbons (Fsp3) is 1.00. The van der Waals surface area contributed by atoms with Crippen molar-refractivity contribution in [3.05, 3.63) is 0 Å². The van der Waals surface area contributed by atoms with Crippen molar-refractivity contribution in [3.8, 4) is 0 Å². The van der Waals surface area contributed by atoms with Crippen LogP contribution in [0, 0.1) is 5.92 Å². The van der Waals surface area contributed by atoms with Gasteiger partial charge in [0, 0.05) is 6.54 Å². The Labute approximate surface area is 80.3 Å². The molecule has 3 N–H and O–H groups in total. The van der Waals surface area contributed by atoms with E-state index in [9.17, 15) is 0 Å². The smallest absolute Gasteiger partial charge is 0.0830 e. The van der Waals surface area contributed by atoms with E-state index in [1.54, 1.807) is 0 Å². The minimum Gasteiger partial charge on any atom is -0.394 e. The molecule has 0 radical (unpaired) electrons. The van der Waals surface area contributed by atoms with Gasteiger partial charge >= 0.3 is 0 Å². The second kappa shape index (κ2) is 4.94. The fourth-order valence-electron chi connectivity index (χ4n) is 2.21. The van der Waals surface area contributed by atoms with Crippen LogP contribution in [0.3, 0.4) is 0 Å². The third-order valence-corrected chi connectivity index (χ3v) is 3.21. The molecule has 0 saturated heterocycles. The molecule has 1 aliphatic rings. The van der Waals surface area contributed by atoms with E-state index in [0.717, 1.165) is 6.42 Å². The van der Waals surface area contributed by atoms with Crippen LogP contribution >= 0.6 is 0 Å². The van der Waals surface area contributed by atoms with Crippen molar-refractivity contribution in [2.45, 2.75) is 38.2 Å². The molecular formula is C10H21NO2. The van der Waals surface area contributed by atoms with E-state index < -0.39 is 0 Å². The van der Waals surface area contributed by atoms with Crippen molar-refractivity contribution in [3.63, 3.8) is 0 Å². The van der Waals surface area contributed by atoms with Gasteiger partial charge in [0.2, 0.25) is 0 Å². The molecule has 13 heavy (non-hydrogen) atoms. The second-order valence-corrected chi connectivity index (χ2v) is 3.99. The summed E-state index contributed by atoms with van der Waals surface area (Å²) < 4.78 is 5.71. The van der Waals surface area contributed by atoms with Crippen LogP contribution in [0.1, 0.15) is 32.6 Å². The van der Waals surface area contributed by atoms with E-state index in [2.05, 4.69) is 6.92 Å². The minimum atomic E-state index is -0.152. The van der Waals surface area contributed by atoms with Crippen LogP contribution in [0.15, 0.2) is 0 Å². The molecule has 1 fully saturated rings. The van der Waals surface area contributed by atoms with Gasteiger partial charge in [0.05, 0.1) is 18.8 Å². The number of hydrogen-bond donors (Lipinski definition) is 2. The van der Waals surface area contributed by atoms with Crippen molar-refractivity contribution in [2.75, 3.05) is 19.8 Å². The third-order valence-electron chi connectivity index (χ3n) is 3.21. The van der Waals surface area contributed by atoms with Gasteiger partial charge in [-0.05, 0) is 18.8 Å². The lowest BCUT2D eigenvalue weighted by Gasteiger charge is -2.41. The molecule has 0 aromatic heterocycles. The molecule has 1 saturated carbocycles. The molecule has 0 heterocycles. The van der Waals surface area contributed by atoms with Crippen LogP contribution in [-0.2, 0) is 4.74 Å². The van der Waals surface area contributed by atoms with Gasteiger partial charge in [-0.2, -0.15) is 0 Å². The van der Waals surface area contributed by atoms with Gasteiger partial charge in [0.25, 0.3) is 0 Å². The molecule has 0 aliphatic heterocycles. The highest BCUT2D eigenvalue weighted by Crippen LogP contribution is 2.35. The minimum absolute atomic E-state index is 0.0917. The topological polar surface area (TPSA) is 55.5 Å².